The third-order valence-electron chi connectivity index (χ3n) is 4.55. The molecule has 152 valence electrons. The highest BCUT2D eigenvalue weighted by Crippen LogP contribution is 2.39. The van der Waals surface area contributed by atoms with Crippen molar-refractivity contribution in [2.45, 2.75) is 37.4 Å². The monoisotopic (exact) mass is 398 g/mol. The molecule has 0 aromatic heterocycles. The average Bonchev–Trinajstić information content (AvgIpc) is 3.09. The van der Waals surface area contributed by atoms with Crippen LogP contribution < -0.4 is 0 Å². The number of hydrogen-bond acceptors (Lipinski definition) is 8. The molecular formula is C16H18N2O10. The van der Waals surface area contributed by atoms with Gasteiger partial charge in [-0.1, -0.05) is 0 Å². The SMILES string of the molecule is O=C(O)CC1OC(=CCO)C(C(=O)O)N1C(=O)C1C(=CCO)O[C@@H]2CC(=O)N12. The van der Waals surface area contributed by atoms with E-state index >= 15 is 0 Å². The molecule has 0 spiro atoms. The number of β-lactam (4-membered cyclic amide) rings is 1. The summed E-state index contributed by atoms with van der Waals surface area (Å²) in [7, 11) is 0. The van der Waals surface area contributed by atoms with E-state index in [9.17, 15) is 24.3 Å². The van der Waals surface area contributed by atoms with Crippen molar-refractivity contribution in [3.8, 4) is 0 Å². The van der Waals surface area contributed by atoms with E-state index in [1.807, 2.05) is 0 Å². The van der Waals surface area contributed by atoms with Gasteiger partial charge < -0.3 is 29.9 Å². The van der Waals surface area contributed by atoms with Gasteiger partial charge in [-0.3, -0.25) is 24.2 Å². The quantitative estimate of drug-likeness (QED) is 0.360. The third kappa shape index (κ3) is 3.16. The van der Waals surface area contributed by atoms with Crippen LogP contribution in [-0.2, 0) is 28.7 Å². The number of aliphatic hydroxyl groups is 2. The number of carbonyl (C=O) groups excluding carboxylic acids is 2. The lowest BCUT2D eigenvalue weighted by Crippen LogP contribution is -2.59. The Bertz CT molecular complexity index is 775. The number of carboxylic acids is 2. The van der Waals surface area contributed by atoms with Gasteiger partial charge in [-0.05, 0) is 12.2 Å². The molecule has 0 saturated carbocycles. The lowest BCUT2D eigenvalue weighted by molar-refractivity contribution is -0.165. The summed E-state index contributed by atoms with van der Waals surface area (Å²) in [5.41, 5.74) is 0. The van der Waals surface area contributed by atoms with E-state index in [1.165, 1.54) is 6.08 Å². The minimum atomic E-state index is -1.69. The van der Waals surface area contributed by atoms with Crippen LogP contribution in [-0.4, -0.2) is 91.7 Å². The van der Waals surface area contributed by atoms with Gasteiger partial charge in [-0.25, -0.2) is 4.79 Å². The number of amides is 2. The molecule has 0 aromatic carbocycles. The van der Waals surface area contributed by atoms with E-state index in [-0.39, 0.29) is 17.9 Å². The molecule has 3 rings (SSSR count). The largest absolute Gasteiger partial charge is 0.481 e. The maximum absolute atomic E-state index is 13.2. The van der Waals surface area contributed by atoms with Gasteiger partial charge >= 0.3 is 11.9 Å². The van der Waals surface area contributed by atoms with Gasteiger partial charge in [-0.15, -0.1) is 0 Å². The standard InChI is InChI=1S/C16H18N2O10/c19-3-1-7-13(17-9(21)5-10(17)27-7)15(24)18-11(6-12(22)23)28-8(2-4-20)14(18)16(25)26/h1-2,10-11,13-14,19-20H,3-6H2,(H,22,23)(H,25,26)/t10-,11?,13?,14?/m1/s1. The molecule has 3 saturated heterocycles. The van der Waals surface area contributed by atoms with E-state index in [4.69, 9.17) is 24.8 Å². The number of nitrogens with zero attached hydrogens (tertiary/aromatic N) is 2. The highest BCUT2D eigenvalue weighted by Gasteiger charge is 2.58. The average molecular weight is 398 g/mol. The van der Waals surface area contributed by atoms with Gasteiger partial charge in [0.1, 0.15) is 17.9 Å². The van der Waals surface area contributed by atoms with Crippen LogP contribution in [0.3, 0.4) is 0 Å². The number of ether oxygens (including phenoxy) is 2. The van der Waals surface area contributed by atoms with Crippen molar-refractivity contribution in [1.82, 2.24) is 9.80 Å². The first-order valence-electron chi connectivity index (χ1n) is 8.33. The maximum Gasteiger partial charge on any atom is 0.334 e. The molecule has 0 aromatic rings. The summed E-state index contributed by atoms with van der Waals surface area (Å²) in [6, 6.07) is -3.02. The molecular weight excluding hydrogens is 380 g/mol. The Morgan fingerprint density at radius 2 is 1.64 bits per heavy atom. The summed E-state index contributed by atoms with van der Waals surface area (Å²) in [5.74, 6) is -4.48. The van der Waals surface area contributed by atoms with Gasteiger partial charge in [0, 0.05) is 0 Å². The Morgan fingerprint density at radius 3 is 2.14 bits per heavy atom. The van der Waals surface area contributed by atoms with Gasteiger partial charge in [-0.2, -0.15) is 0 Å². The molecule has 3 aliphatic heterocycles. The van der Waals surface area contributed by atoms with Crippen molar-refractivity contribution in [2.24, 2.45) is 0 Å². The van der Waals surface area contributed by atoms with Crippen LogP contribution in [0.1, 0.15) is 12.8 Å². The second-order valence-electron chi connectivity index (χ2n) is 6.21. The molecule has 2 amide bonds. The number of hydrogen-bond donors (Lipinski definition) is 4. The first-order chi connectivity index (χ1) is 13.3. The topological polar surface area (TPSA) is 174 Å². The molecule has 3 unspecified atom stereocenters. The summed E-state index contributed by atoms with van der Waals surface area (Å²) in [6.45, 7) is -1.07. The van der Waals surface area contributed by atoms with Crippen LogP contribution in [0.15, 0.2) is 23.7 Å². The Balaban J connectivity index is 2.00. The molecule has 12 nitrogen and oxygen atoms in total. The zero-order chi connectivity index (χ0) is 20.6. The molecule has 3 fully saturated rings. The van der Waals surface area contributed by atoms with Crippen LogP contribution in [0.2, 0.25) is 0 Å². The minimum Gasteiger partial charge on any atom is -0.481 e. The van der Waals surface area contributed by atoms with Gasteiger partial charge in [0.25, 0.3) is 5.91 Å². The van der Waals surface area contributed by atoms with E-state index in [1.54, 1.807) is 0 Å². The summed E-state index contributed by atoms with van der Waals surface area (Å²) in [6.07, 6.45) is -0.667. The van der Waals surface area contributed by atoms with E-state index in [0.717, 1.165) is 11.0 Å². The molecule has 0 bridgehead atoms. The van der Waals surface area contributed by atoms with Gasteiger partial charge in [0.15, 0.2) is 24.5 Å². The Hall–Kier alpha value is -3.12. The lowest BCUT2D eigenvalue weighted by Gasteiger charge is -2.36. The number of carbonyl (C=O) groups is 4. The van der Waals surface area contributed by atoms with E-state index in [2.05, 4.69) is 0 Å². The molecule has 0 aliphatic carbocycles. The Labute approximate surface area is 157 Å². The normalized spacial score (nSPS) is 31.4. The molecule has 4 N–H and O–H groups in total. The first-order valence-corrected chi connectivity index (χ1v) is 8.33. The van der Waals surface area contributed by atoms with Crippen molar-refractivity contribution in [3.05, 3.63) is 23.7 Å². The van der Waals surface area contributed by atoms with E-state index < -0.39 is 67.9 Å². The number of aliphatic carboxylic acids is 2. The minimum absolute atomic E-state index is 0.0267. The molecule has 28 heavy (non-hydrogen) atoms. The predicted molar refractivity (Wildman–Crippen MR) is 85.9 cm³/mol. The number of rotatable bonds is 6. The summed E-state index contributed by atoms with van der Waals surface area (Å²) in [4.78, 5) is 49.9. The lowest BCUT2D eigenvalue weighted by atomic mass is 10.1. The number of fused-ring (bicyclic) bond motifs is 1. The third-order valence-corrected chi connectivity index (χ3v) is 4.55. The predicted octanol–water partition coefficient (Wildman–Crippen LogP) is -2.19. The zero-order valence-corrected chi connectivity index (χ0v) is 14.4. The highest BCUT2D eigenvalue weighted by atomic mass is 16.5. The molecule has 4 atom stereocenters. The highest BCUT2D eigenvalue weighted by molar-refractivity contribution is 5.96. The van der Waals surface area contributed by atoms with Crippen LogP contribution in [0.25, 0.3) is 0 Å². The van der Waals surface area contributed by atoms with Crippen molar-refractivity contribution >= 4 is 23.8 Å². The van der Waals surface area contributed by atoms with Crippen LogP contribution in [0, 0.1) is 0 Å². The smallest absolute Gasteiger partial charge is 0.334 e. The zero-order valence-electron chi connectivity index (χ0n) is 14.4. The van der Waals surface area contributed by atoms with Crippen LogP contribution >= 0.6 is 0 Å². The second kappa shape index (κ2) is 7.48. The molecule has 3 aliphatic rings. The Morgan fingerprint density at radius 1 is 1.04 bits per heavy atom. The maximum atomic E-state index is 13.2. The fourth-order valence-electron chi connectivity index (χ4n) is 3.43. The summed E-state index contributed by atoms with van der Waals surface area (Å²) in [5, 5.41) is 36.9. The van der Waals surface area contributed by atoms with Gasteiger partial charge in [0.05, 0.1) is 19.6 Å². The number of aliphatic hydroxyl groups excluding tert-OH is 2. The molecule has 0 radical (unpaired) electrons. The molecule has 12 heteroatoms. The van der Waals surface area contributed by atoms with Crippen molar-refractivity contribution in [2.75, 3.05) is 13.2 Å². The second-order valence-corrected chi connectivity index (χ2v) is 6.21. The van der Waals surface area contributed by atoms with Crippen LogP contribution in [0.5, 0.6) is 0 Å². The number of carboxylic acid groups (broad SMARTS) is 2. The van der Waals surface area contributed by atoms with Crippen LogP contribution in [0.4, 0.5) is 0 Å². The van der Waals surface area contributed by atoms with Crippen molar-refractivity contribution in [3.63, 3.8) is 0 Å². The molecule has 3 heterocycles. The van der Waals surface area contributed by atoms with E-state index in [0.29, 0.717) is 4.90 Å². The fourth-order valence-corrected chi connectivity index (χ4v) is 3.43. The van der Waals surface area contributed by atoms with Gasteiger partial charge in [0.2, 0.25) is 5.91 Å². The van der Waals surface area contributed by atoms with Crippen molar-refractivity contribution < 1.29 is 49.1 Å². The Kier molecular flexibility index (Phi) is 5.25. The summed E-state index contributed by atoms with van der Waals surface area (Å²) < 4.78 is 10.8. The fraction of sp³-hybridized carbons (Fsp3) is 0.500. The summed E-state index contributed by atoms with van der Waals surface area (Å²) >= 11 is 0. The van der Waals surface area contributed by atoms with Crippen molar-refractivity contribution in [1.29, 1.82) is 0 Å². The first kappa shape index (κ1) is 19.6.